The highest BCUT2D eigenvalue weighted by Crippen LogP contribution is 2.67. The van der Waals surface area contributed by atoms with Crippen LogP contribution in [0.15, 0.2) is 23.8 Å². The Kier molecular flexibility index (Phi) is 8.31. The minimum Gasteiger partial charge on any atom is -0.463 e. The molecule has 0 heterocycles. The van der Waals surface area contributed by atoms with Gasteiger partial charge < -0.3 is 24.4 Å². The predicted octanol–water partition coefficient (Wildman–Crippen LogP) is 2.47. The summed E-state index contributed by atoms with van der Waals surface area (Å²) in [5, 5.41) is 23.1. The standard InChI is InChI=1S/C29H40O9/c1-4-36-13-14-37-24(33)7-8-25(34)38-17-23(32)29(35)12-10-21-20-6-5-18-15-19(30)9-11-27(18,2)26(20)22(31)16-28(21,29)3/h9,11,15,20-22,26,31,35H,4-8,10,12-14,16-17H2,1-3H3/t20?,21?,22-,26?,27-,28-,29-/m0/s1. The summed E-state index contributed by atoms with van der Waals surface area (Å²) in [6, 6.07) is 0. The molecule has 0 aromatic carbocycles. The maximum atomic E-state index is 13.3. The van der Waals surface area contributed by atoms with E-state index < -0.39 is 46.9 Å². The first-order valence-electron chi connectivity index (χ1n) is 13.7. The second-order valence-corrected chi connectivity index (χ2v) is 11.6. The number of fused-ring (bicyclic) bond motifs is 5. The van der Waals surface area contributed by atoms with E-state index in [1.807, 2.05) is 19.9 Å². The molecule has 9 heteroatoms. The van der Waals surface area contributed by atoms with Gasteiger partial charge in [0.15, 0.2) is 12.4 Å². The summed E-state index contributed by atoms with van der Waals surface area (Å²) in [5.74, 6) is -1.89. The SMILES string of the molecule is CCOCCOC(=O)CCC(=O)OCC(=O)[C@@]1(O)CCC2C3CCC4=CC(=O)C=C[C@]4(C)C3[C@@H](O)C[C@@]21C. The van der Waals surface area contributed by atoms with Gasteiger partial charge in [-0.2, -0.15) is 0 Å². The van der Waals surface area contributed by atoms with E-state index >= 15 is 0 Å². The molecule has 0 amide bonds. The summed E-state index contributed by atoms with van der Waals surface area (Å²) in [4.78, 5) is 49.2. The van der Waals surface area contributed by atoms with Crippen LogP contribution in [-0.4, -0.2) is 71.9 Å². The molecule has 3 saturated carbocycles. The van der Waals surface area contributed by atoms with Crippen molar-refractivity contribution in [2.45, 2.75) is 77.4 Å². The quantitative estimate of drug-likeness (QED) is 0.321. The van der Waals surface area contributed by atoms with Gasteiger partial charge in [0.05, 0.1) is 25.6 Å². The van der Waals surface area contributed by atoms with Crippen molar-refractivity contribution in [3.63, 3.8) is 0 Å². The van der Waals surface area contributed by atoms with Gasteiger partial charge in [0.25, 0.3) is 0 Å². The Labute approximate surface area is 223 Å². The molecule has 0 aliphatic heterocycles. The van der Waals surface area contributed by atoms with Crippen molar-refractivity contribution >= 4 is 23.5 Å². The molecule has 2 N–H and O–H groups in total. The summed E-state index contributed by atoms with van der Waals surface area (Å²) < 4.78 is 15.2. The molecule has 4 aliphatic rings. The molecule has 7 atom stereocenters. The second-order valence-electron chi connectivity index (χ2n) is 11.6. The van der Waals surface area contributed by atoms with E-state index in [0.717, 1.165) is 18.4 Å². The molecule has 0 saturated heterocycles. The molecule has 0 bridgehead atoms. The third kappa shape index (κ3) is 5.00. The maximum Gasteiger partial charge on any atom is 0.306 e. The minimum absolute atomic E-state index is 0.0106. The lowest BCUT2D eigenvalue weighted by molar-refractivity contribution is -0.181. The van der Waals surface area contributed by atoms with Gasteiger partial charge in [-0.25, -0.2) is 0 Å². The second kappa shape index (κ2) is 11.0. The van der Waals surface area contributed by atoms with E-state index in [9.17, 15) is 29.4 Å². The number of aliphatic hydroxyl groups is 2. The van der Waals surface area contributed by atoms with E-state index in [2.05, 4.69) is 6.92 Å². The summed E-state index contributed by atoms with van der Waals surface area (Å²) >= 11 is 0. The van der Waals surface area contributed by atoms with E-state index in [4.69, 9.17) is 14.2 Å². The van der Waals surface area contributed by atoms with Crippen molar-refractivity contribution in [1.82, 2.24) is 0 Å². The first-order chi connectivity index (χ1) is 18.0. The molecule has 0 aromatic rings. The first kappa shape index (κ1) is 28.6. The molecular formula is C29H40O9. The lowest BCUT2D eigenvalue weighted by atomic mass is 9.46. The Bertz CT molecular complexity index is 1030. The molecule has 0 spiro atoms. The summed E-state index contributed by atoms with van der Waals surface area (Å²) in [6.45, 7) is 6.09. The fourth-order valence-corrected chi connectivity index (χ4v) is 7.76. The minimum atomic E-state index is -1.72. The average Bonchev–Trinajstić information content (AvgIpc) is 3.15. The number of esters is 2. The molecule has 4 rings (SSSR count). The van der Waals surface area contributed by atoms with Crippen molar-refractivity contribution in [1.29, 1.82) is 0 Å². The highest BCUT2D eigenvalue weighted by Gasteiger charge is 2.68. The van der Waals surface area contributed by atoms with Crippen LogP contribution in [0.1, 0.15) is 65.7 Å². The molecule has 210 valence electrons. The zero-order valence-electron chi connectivity index (χ0n) is 22.6. The van der Waals surface area contributed by atoms with Crippen molar-refractivity contribution < 1.29 is 43.6 Å². The summed E-state index contributed by atoms with van der Waals surface area (Å²) in [6.07, 6.45) is 6.67. The van der Waals surface area contributed by atoms with Crippen LogP contribution >= 0.6 is 0 Å². The van der Waals surface area contributed by atoms with Crippen LogP contribution in [0.3, 0.4) is 0 Å². The van der Waals surface area contributed by atoms with E-state index in [1.54, 1.807) is 12.2 Å². The molecule has 0 aromatic heterocycles. The predicted molar refractivity (Wildman–Crippen MR) is 136 cm³/mol. The van der Waals surface area contributed by atoms with Gasteiger partial charge in [-0.15, -0.1) is 0 Å². The number of Topliss-reactive ketones (excluding diaryl/α,β-unsaturated/α-hetero) is 1. The average molecular weight is 533 g/mol. The van der Waals surface area contributed by atoms with Gasteiger partial charge in [-0.1, -0.05) is 25.5 Å². The Hall–Kier alpha value is -2.36. The first-order valence-corrected chi connectivity index (χ1v) is 13.7. The van der Waals surface area contributed by atoms with Crippen LogP contribution in [0.5, 0.6) is 0 Å². The van der Waals surface area contributed by atoms with Gasteiger partial charge in [0.2, 0.25) is 5.78 Å². The molecular weight excluding hydrogens is 492 g/mol. The molecule has 38 heavy (non-hydrogen) atoms. The number of hydrogen-bond donors (Lipinski definition) is 2. The van der Waals surface area contributed by atoms with Crippen molar-refractivity contribution in [3.05, 3.63) is 23.8 Å². The smallest absolute Gasteiger partial charge is 0.306 e. The lowest BCUT2D eigenvalue weighted by Gasteiger charge is -2.59. The Morgan fingerprint density at radius 2 is 1.79 bits per heavy atom. The number of allylic oxidation sites excluding steroid dienone is 4. The van der Waals surface area contributed by atoms with E-state index in [-0.39, 0.29) is 62.4 Å². The number of carbonyl (C=O) groups is 4. The van der Waals surface area contributed by atoms with Gasteiger partial charge in [0, 0.05) is 23.4 Å². The Balaban J connectivity index is 1.37. The third-order valence-corrected chi connectivity index (χ3v) is 9.70. The van der Waals surface area contributed by atoms with Gasteiger partial charge in [0.1, 0.15) is 12.2 Å². The Morgan fingerprint density at radius 1 is 1.08 bits per heavy atom. The topological polar surface area (TPSA) is 136 Å². The van der Waals surface area contributed by atoms with E-state index in [1.165, 1.54) is 0 Å². The van der Waals surface area contributed by atoms with Crippen LogP contribution in [0.25, 0.3) is 0 Å². The summed E-state index contributed by atoms with van der Waals surface area (Å²) in [5.41, 5.74) is -1.98. The fraction of sp³-hybridized carbons (Fsp3) is 0.724. The zero-order valence-corrected chi connectivity index (χ0v) is 22.6. The normalized spacial score (nSPS) is 37.5. The van der Waals surface area contributed by atoms with Crippen molar-refractivity contribution in [2.75, 3.05) is 26.4 Å². The maximum absolute atomic E-state index is 13.3. The molecule has 4 aliphatic carbocycles. The van der Waals surface area contributed by atoms with Crippen molar-refractivity contribution in [2.24, 2.45) is 28.6 Å². The number of aliphatic hydroxyl groups excluding tert-OH is 1. The third-order valence-electron chi connectivity index (χ3n) is 9.70. The van der Waals surface area contributed by atoms with Crippen LogP contribution < -0.4 is 0 Å². The van der Waals surface area contributed by atoms with Gasteiger partial charge in [-0.3, -0.25) is 19.2 Å². The number of carbonyl (C=O) groups excluding carboxylic acids is 4. The highest BCUT2D eigenvalue weighted by atomic mass is 16.6. The molecule has 0 radical (unpaired) electrons. The number of ether oxygens (including phenoxy) is 3. The Morgan fingerprint density at radius 3 is 2.50 bits per heavy atom. The number of rotatable bonds is 10. The van der Waals surface area contributed by atoms with Crippen molar-refractivity contribution in [3.8, 4) is 0 Å². The van der Waals surface area contributed by atoms with Crippen LogP contribution in [0.2, 0.25) is 0 Å². The largest absolute Gasteiger partial charge is 0.463 e. The van der Waals surface area contributed by atoms with Gasteiger partial charge >= 0.3 is 11.9 Å². The van der Waals surface area contributed by atoms with Gasteiger partial charge in [-0.05, 0) is 63.0 Å². The molecule has 9 nitrogen and oxygen atoms in total. The zero-order chi connectivity index (χ0) is 27.7. The summed E-state index contributed by atoms with van der Waals surface area (Å²) in [7, 11) is 0. The highest BCUT2D eigenvalue weighted by molar-refractivity contribution is 6.01. The molecule has 3 fully saturated rings. The van der Waals surface area contributed by atoms with Crippen LogP contribution in [0, 0.1) is 28.6 Å². The monoisotopic (exact) mass is 532 g/mol. The van der Waals surface area contributed by atoms with E-state index in [0.29, 0.717) is 13.0 Å². The fourth-order valence-electron chi connectivity index (χ4n) is 7.76. The lowest BCUT2D eigenvalue weighted by Crippen LogP contribution is -2.61. The number of ketones is 2. The molecule has 3 unspecified atom stereocenters. The van der Waals surface area contributed by atoms with Crippen LogP contribution in [0.4, 0.5) is 0 Å². The van der Waals surface area contributed by atoms with Crippen LogP contribution in [-0.2, 0) is 33.4 Å². The number of hydrogen-bond acceptors (Lipinski definition) is 9.